The summed E-state index contributed by atoms with van der Waals surface area (Å²) in [6.45, 7) is -0.589. The van der Waals surface area contributed by atoms with Gasteiger partial charge < -0.3 is 14.8 Å². The van der Waals surface area contributed by atoms with E-state index >= 15 is 0 Å². The van der Waals surface area contributed by atoms with Crippen LogP contribution in [0.5, 0.6) is 11.5 Å². The third-order valence-electron chi connectivity index (χ3n) is 4.86. The Morgan fingerprint density at radius 2 is 1.68 bits per heavy atom. The van der Waals surface area contributed by atoms with E-state index in [1.807, 2.05) is 0 Å². The second-order valence-corrected chi connectivity index (χ2v) is 9.07. The lowest BCUT2D eigenvalue weighted by Gasteiger charge is -2.22. The molecule has 0 spiro atoms. The molecule has 0 aliphatic heterocycles. The molecule has 0 heterocycles. The number of amides is 1. The largest absolute Gasteiger partial charge is 0.493 e. The zero-order chi connectivity index (χ0) is 24.7. The van der Waals surface area contributed by atoms with Crippen LogP contribution in [0.3, 0.4) is 0 Å². The molecule has 0 aromatic heterocycles. The number of rotatable bonds is 10. The fraction of sp³-hybridized carbons (Fsp3) is 0.174. The number of hydrogen-bond acceptors (Lipinski definition) is 7. The van der Waals surface area contributed by atoms with Crippen LogP contribution in [0.15, 0.2) is 77.7 Å². The highest BCUT2D eigenvalue weighted by Crippen LogP contribution is 2.31. The van der Waals surface area contributed by atoms with Gasteiger partial charge in [-0.2, -0.15) is 4.31 Å². The Labute approximate surface area is 196 Å². The van der Waals surface area contributed by atoms with Gasteiger partial charge >= 0.3 is 0 Å². The minimum Gasteiger partial charge on any atom is -0.493 e. The number of sulfonamides is 1. The van der Waals surface area contributed by atoms with Crippen molar-refractivity contribution in [1.29, 1.82) is 0 Å². The number of nitrogens with one attached hydrogen (secondary N) is 1. The number of carbonyl (C=O) groups is 1. The highest BCUT2D eigenvalue weighted by atomic mass is 32.2. The van der Waals surface area contributed by atoms with Crippen LogP contribution >= 0.6 is 0 Å². The predicted molar refractivity (Wildman–Crippen MR) is 125 cm³/mol. The Bertz CT molecular complexity index is 1280. The number of carbonyl (C=O) groups excluding carboxylic acids is 1. The summed E-state index contributed by atoms with van der Waals surface area (Å²) < 4.78 is 38.4. The molecule has 0 radical (unpaired) electrons. The van der Waals surface area contributed by atoms with Gasteiger partial charge in [0.15, 0.2) is 11.5 Å². The molecule has 11 heteroatoms. The monoisotopic (exact) mass is 485 g/mol. The lowest BCUT2D eigenvalue weighted by Crippen LogP contribution is -2.37. The fourth-order valence-corrected chi connectivity index (χ4v) is 4.60. The van der Waals surface area contributed by atoms with Crippen molar-refractivity contribution in [2.75, 3.05) is 26.1 Å². The zero-order valence-corrected chi connectivity index (χ0v) is 19.3. The first kappa shape index (κ1) is 24.7. The van der Waals surface area contributed by atoms with Gasteiger partial charge in [0.25, 0.3) is 5.69 Å². The van der Waals surface area contributed by atoms with E-state index in [-0.39, 0.29) is 28.6 Å². The van der Waals surface area contributed by atoms with Gasteiger partial charge in [-0.05, 0) is 23.8 Å². The van der Waals surface area contributed by atoms with Crippen molar-refractivity contribution in [3.63, 3.8) is 0 Å². The minimum atomic E-state index is -4.14. The van der Waals surface area contributed by atoms with Crippen LogP contribution in [0.2, 0.25) is 0 Å². The van der Waals surface area contributed by atoms with Crippen LogP contribution in [-0.4, -0.2) is 44.3 Å². The molecular formula is C23H23N3O7S. The summed E-state index contributed by atoms with van der Waals surface area (Å²) in [6, 6.07) is 18.4. The van der Waals surface area contributed by atoms with E-state index in [1.54, 1.807) is 30.3 Å². The van der Waals surface area contributed by atoms with E-state index in [0.717, 1.165) is 4.31 Å². The molecule has 0 atom stereocenters. The van der Waals surface area contributed by atoms with Crippen LogP contribution in [0.25, 0.3) is 0 Å². The summed E-state index contributed by atoms with van der Waals surface area (Å²) in [5.74, 6) is -0.0655. The number of non-ortho nitro benzene ring substituents is 1. The molecule has 3 aromatic carbocycles. The number of ether oxygens (including phenoxy) is 2. The molecule has 34 heavy (non-hydrogen) atoms. The van der Waals surface area contributed by atoms with Gasteiger partial charge in [-0.3, -0.25) is 14.9 Å². The molecule has 0 aliphatic rings. The Morgan fingerprint density at radius 3 is 2.32 bits per heavy atom. The van der Waals surface area contributed by atoms with Gasteiger partial charge in [0.05, 0.1) is 30.6 Å². The summed E-state index contributed by atoms with van der Waals surface area (Å²) in [5, 5.41) is 13.5. The van der Waals surface area contributed by atoms with Crippen molar-refractivity contribution in [2.24, 2.45) is 0 Å². The summed E-state index contributed by atoms with van der Waals surface area (Å²) in [5.41, 5.74) is 0.661. The van der Waals surface area contributed by atoms with E-state index in [0.29, 0.717) is 11.3 Å². The third kappa shape index (κ3) is 5.88. The van der Waals surface area contributed by atoms with Gasteiger partial charge in [0, 0.05) is 30.4 Å². The molecule has 3 aromatic rings. The maximum atomic E-state index is 13.5. The Morgan fingerprint density at radius 1 is 0.971 bits per heavy atom. The second kappa shape index (κ2) is 10.8. The molecule has 1 amide bonds. The first-order valence-corrected chi connectivity index (χ1v) is 11.5. The SMILES string of the molecule is COc1ccc(S(=O)(=O)N(CC(=O)Nc2cccc([N+](=O)[O-])c2)Cc2ccccc2)cc1OC. The van der Waals surface area contributed by atoms with Gasteiger partial charge in [-0.15, -0.1) is 0 Å². The van der Waals surface area contributed by atoms with Crippen molar-refractivity contribution in [1.82, 2.24) is 4.31 Å². The van der Waals surface area contributed by atoms with E-state index in [4.69, 9.17) is 9.47 Å². The van der Waals surface area contributed by atoms with Crippen molar-refractivity contribution in [2.45, 2.75) is 11.4 Å². The normalized spacial score (nSPS) is 11.1. The minimum absolute atomic E-state index is 0.0696. The topological polar surface area (TPSA) is 128 Å². The maximum absolute atomic E-state index is 13.5. The number of nitrogens with zero attached hydrogens (tertiary/aromatic N) is 2. The molecule has 0 saturated carbocycles. The molecule has 0 fully saturated rings. The fourth-order valence-electron chi connectivity index (χ4n) is 3.20. The summed E-state index contributed by atoms with van der Waals surface area (Å²) >= 11 is 0. The average molecular weight is 486 g/mol. The molecule has 0 unspecified atom stereocenters. The Kier molecular flexibility index (Phi) is 7.82. The maximum Gasteiger partial charge on any atom is 0.271 e. The average Bonchev–Trinajstić information content (AvgIpc) is 2.83. The van der Waals surface area contributed by atoms with Crippen LogP contribution in [-0.2, 0) is 21.4 Å². The lowest BCUT2D eigenvalue weighted by atomic mass is 10.2. The van der Waals surface area contributed by atoms with Crippen molar-refractivity contribution in [3.05, 3.63) is 88.5 Å². The molecule has 1 N–H and O–H groups in total. The van der Waals surface area contributed by atoms with Crippen LogP contribution in [0.1, 0.15) is 5.56 Å². The zero-order valence-electron chi connectivity index (χ0n) is 18.5. The lowest BCUT2D eigenvalue weighted by molar-refractivity contribution is -0.384. The van der Waals surface area contributed by atoms with E-state index in [2.05, 4.69) is 5.32 Å². The molecular weight excluding hydrogens is 462 g/mol. The first-order valence-electron chi connectivity index (χ1n) is 10.0. The predicted octanol–water partition coefficient (Wildman–Crippen LogP) is 3.44. The number of nitro benzene ring substituents is 1. The Hall–Kier alpha value is -3.96. The van der Waals surface area contributed by atoms with Crippen molar-refractivity contribution in [3.8, 4) is 11.5 Å². The van der Waals surface area contributed by atoms with Crippen LogP contribution in [0.4, 0.5) is 11.4 Å². The number of anilines is 1. The van der Waals surface area contributed by atoms with E-state index in [1.165, 1.54) is 56.7 Å². The van der Waals surface area contributed by atoms with Gasteiger partial charge in [-0.25, -0.2) is 8.42 Å². The second-order valence-electron chi connectivity index (χ2n) is 7.13. The number of methoxy groups -OCH3 is 2. The number of nitro groups is 1. The quantitative estimate of drug-likeness (QED) is 0.344. The molecule has 10 nitrogen and oxygen atoms in total. The molecule has 0 bridgehead atoms. The van der Waals surface area contributed by atoms with E-state index in [9.17, 15) is 23.3 Å². The van der Waals surface area contributed by atoms with Gasteiger partial charge in [-0.1, -0.05) is 36.4 Å². The molecule has 0 saturated heterocycles. The summed E-state index contributed by atoms with van der Waals surface area (Å²) in [4.78, 5) is 23.1. The number of hydrogen-bond donors (Lipinski definition) is 1. The smallest absolute Gasteiger partial charge is 0.271 e. The number of benzene rings is 3. The molecule has 3 rings (SSSR count). The summed E-state index contributed by atoms with van der Waals surface area (Å²) in [7, 11) is -1.31. The van der Waals surface area contributed by atoms with Gasteiger partial charge in [0.2, 0.25) is 15.9 Å². The Balaban J connectivity index is 1.91. The molecule has 178 valence electrons. The van der Waals surface area contributed by atoms with Crippen LogP contribution in [0, 0.1) is 10.1 Å². The van der Waals surface area contributed by atoms with Crippen molar-refractivity contribution < 1.29 is 27.6 Å². The van der Waals surface area contributed by atoms with E-state index < -0.39 is 27.4 Å². The van der Waals surface area contributed by atoms with Crippen LogP contribution < -0.4 is 14.8 Å². The first-order chi connectivity index (χ1) is 16.2. The van der Waals surface area contributed by atoms with Gasteiger partial charge in [0.1, 0.15) is 0 Å². The highest BCUT2D eigenvalue weighted by molar-refractivity contribution is 7.89. The highest BCUT2D eigenvalue weighted by Gasteiger charge is 2.28. The third-order valence-corrected chi connectivity index (χ3v) is 6.64. The summed E-state index contributed by atoms with van der Waals surface area (Å²) in [6.07, 6.45) is 0. The standard InChI is InChI=1S/C23H23N3O7S/c1-32-21-12-11-20(14-22(21)33-2)34(30,31)25(15-17-7-4-3-5-8-17)16-23(27)24-18-9-6-10-19(13-18)26(28)29/h3-14H,15-16H2,1-2H3,(H,24,27). The van der Waals surface area contributed by atoms with Crippen molar-refractivity contribution >= 4 is 27.3 Å². The molecule has 0 aliphatic carbocycles.